The predicted octanol–water partition coefficient (Wildman–Crippen LogP) is 6.39. The molecule has 430 valence electrons. The highest BCUT2D eigenvalue weighted by Gasteiger charge is 2.57. The van der Waals surface area contributed by atoms with E-state index in [9.17, 15) is 64.5 Å². The zero-order valence-electron chi connectivity index (χ0n) is 43.4. The number of benzene rings is 2. The molecule has 0 radical (unpaired) electrons. The van der Waals surface area contributed by atoms with Crippen LogP contribution in [0.5, 0.6) is 0 Å². The van der Waals surface area contributed by atoms with Crippen LogP contribution >= 0.6 is 0 Å². The molecule has 4 heterocycles. The fraction of sp³-hybridized carbons (Fsp3) is 0.490. The minimum Gasteiger partial charge on any atom is -0.465 e. The number of carbonyl (C=O) groups excluding carboxylic acids is 3. The summed E-state index contributed by atoms with van der Waals surface area (Å²) in [5, 5.41) is 31.0. The number of amides is 4. The van der Waals surface area contributed by atoms with Gasteiger partial charge in [-0.05, 0) is 89.1 Å². The number of aliphatic hydroxyl groups excluding tert-OH is 1. The molecule has 4 aromatic rings. The van der Waals surface area contributed by atoms with E-state index in [4.69, 9.17) is 4.74 Å². The normalized spacial score (nSPS) is 16.7. The zero-order chi connectivity index (χ0) is 58.4. The van der Waals surface area contributed by atoms with E-state index in [0.717, 1.165) is 51.4 Å². The van der Waals surface area contributed by atoms with Gasteiger partial charge in [0.15, 0.2) is 0 Å². The number of carbonyl (C=O) groups is 4. The van der Waals surface area contributed by atoms with Crippen molar-refractivity contribution >= 4 is 29.8 Å². The number of rotatable bonds is 19. The number of carboxylic acid groups (broad SMARTS) is 1. The summed E-state index contributed by atoms with van der Waals surface area (Å²) < 4.78 is 155. The lowest BCUT2D eigenvalue weighted by Gasteiger charge is -2.50. The number of ether oxygens (including phenoxy) is 2. The van der Waals surface area contributed by atoms with Crippen molar-refractivity contribution in [2.45, 2.75) is 96.3 Å². The Morgan fingerprint density at radius 3 is 1.89 bits per heavy atom. The molecule has 2 fully saturated rings. The van der Waals surface area contributed by atoms with Gasteiger partial charge in [0.05, 0.1) is 54.5 Å². The molecule has 28 heteroatoms. The molecule has 2 aliphatic rings. The molecule has 4 atom stereocenters. The number of hydrogen-bond donors (Lipinski definition) is 6. The van der Waals surface area contributed by atoms with E-state index in [1.807, 2.05) is 16.8 Å². The third-order valence-corrected chi connectivity index (χ3v) is 13.9. The molecule has 4 unspecified atom stereocenters. The number of nitrogens with one attached hydrogen (secondary N) is 4. The topological polar surface area (TPSA) is 216 Å². The van der Waals surface area contributed by atoms with Crippen molar-refractivity contribution in [2.24, 2.45) is 10.8 Å². The molecule has 0 aliphatic carbocycles. The number of alkyl halides is 8. The summed E-state index contributed by atoms with van der Waals surface area (Å²) in [6.45, 7) is 3.39. The number of aliphatic hydroxyl groups is 1. The number of alkyl carbamates (subject to hydrolysis) is 1. The van der Waals surface area contributed by atoms with E-state index in [0.29, 0.717) is 69.2 Å². The van der Waals surface area contributed by atoms with Crippen LogP contribution in [0.2, 0.25) is 0 Å². The van der Waals surface area contributed by atoms with Crippen LogP contribution in [-0.2, 0) is 32.0 Å². The fourth-order valence-corrected chi connectivity index (χ4v) is 8.57. The van der Waals surface area contributed by atoms with Gasteiger partial charge in [-0.3, -0.25) is 19.9 Å². The van der Waals surface area contributed by atoms with Crippen molar-refractivity contribution in [3.63, 3.8) is 0 Å². The van der Waals surface area contributed by atoms with Gasteiger partial charge in [-0.15, -0.1) is 0 Å². The van der Waals surface area contributed by atoms with Crippen molar-refractivity contribution < 1.29 is 82.8 Å². The van der Waals surface area contributed by atoms with Gasteiger partial charge in [0.25, 0.3) is 5.91 Å². The minimum absolute atomic E-state index is 0.0334. The van der Waals surface area contributed by atoms with Gasteiger partial charge in [0.2, 0.25) is 5.91 Å². The molecule has 18 nitrogen and oxygen atoms in total. The van der Waals surface area contributed by atoms with Crippen LogP contribution in [0.1, 0.15) is 63.4 Å². The second-order valence-corrected chi connectivity index (χ2v) is 20.3. The number of methoxy groups -OCH3 is 1. The summed E-state index contributed by atoms with van der Waals surface area (Å²) in [7, 11) is 0.809. The number of nitrogens with zero attached hydrogens (tertiary/aromatic N) is 6. The van der Waals surface area contributed by atoms with Gasteiger partial charge in [0.1, 0.15) is 29.5 Å². The molecule has 2 aromatic carbocycles. The smallest absolute Gasteiger partial charge is 0.407 e. The molecule has 6 rings (SSSR count). The van der Waals surface area contributed by atoms with Crippen molar-refractivity contribution in [1.82, 2.24) is 46.0 Å². The van der Waals surface area contributed by atoms with Crippen molar-refractivity contribution in [1.29, 1.82) is 0 Å². The van der Waals surface area contributed by atoms with Gasteiger partial charge in [-0.1, -0.05) is 24.0 Å². The molecular weight excluding hydrogens is 1070 g/mol. The Bertz CT molecular complexity index is 2840. The van der Waals surface area contributed by atoms with Crippen LogP contribution in [0.25, 0.3) is 11.3 Å². The molecule has 0 spiro atoms. The van der Waals surface area contributed by atoms with Gasteiger partial charge in [0, 0.05) is 73.9 Å². The third kappa shape index (κ3) is 14.7. The SMILES string of the molecule is COC(=O)NC(C(=O)NC(Cc1ccc(C#Cc2ccc(N3CCN(C4(C)COC4)CC3)nc2)cc1)C(O)CN(Cc1c(F)cc(-c2ccn(C(F)F)n2)cc1F)NC(=O)C(NC(=O)O)C(C)(C)C(F)(F)F)C(C)(C)C(F)(F)F. The van der Waals surface area contributed by atoms with Crippen LogP contribution < -0.4 is 26.3 Å². The summed E-state index contributed by atoms with van der Waals surface area (Å²) in [6.07, 6.45) is -14.3. The van der Waals surface area contributed by atoms with Crippen molar-refractivity contribution in [3.05, 3.63) is 101 Å². The maximum Gasteiger partial charge on any atom is 0.407 e. The maximum absolute atomic E-state index is 16.0. The molecule has 79 heavy (non-hydrogen) atoms. The van der Waals surface area contributed by atoms with Gasteiger partial charge in [-0.2, -0.15) is 40.2 Å². The highest BCUT2D eigenvalue weighted by atomic mass is 19.4. The monoisotopic (exact) mass is 1130 g/mol. The Hall–Kier alpha value is -7.22. The predicted molar refractivity (Wildman–Crippen MR) is 263 cm³/mol. The second kappa shape index (κ2) is 24.4. The number of anilines is 1. The highest BCUT2D eigenvalue weighted by Crippen LogP contribution is 2.42. The molecular formula is C51H58F10N10O8. The van der Waals surface area contributed by atoms with Crippen LogP contribution in [0, 0.1) is 34.3 Å². The molecule has 6 N–H and O–H groups in total. The van der Waals surface area contributed by atoms with Gasteiger partial charge < -0.3 is 40.5 Å². The number of hydrogen-bond acceptors (Lipinski definition) is 12. The molecule has 2 aromatic heterocycles. The average Bonchev–Trinajstić information content (AvgIpc) is 3.89. The Labute approximate surface area is 446 Å². The zero-order valence-corrected chi connectivity index (χ0v) is 43.4. The van der Waals surface area contributed by atoms with Crippen molar-refractivity contribution in [3.8, 4) is 23.1 Å². The summed E-state index contributed by atoms with van der Waals surface area (Å²) in [4.78, 5) is 61.1. The largest absolute Gasteiger partial charge is 0.465 e. The first-order valence-electron chi connectivity index (χ1n) is 24.3. The molecule has 0 bridgehead atoms. The lowest BCUT2D eigenvalue weighted by molar-refractivity contribution is -0.221. The van der Waals surface area contributed by atoms with E-state index in [1.165, 1.54) is 29.6 Å². The first-order chi connectivity index (χ1) is 36.8. The minimum atomic E-state index is -5.29. The lowest BCUT2D eigenvalue weighted by atomic mass is 9.82. The summed E-state index contributed by atoms with van der Waals surface area (Å²) in [6, 6.07) is 4.95. The molecule has 0 saturated carbocycles. The quantitative estimate of drug-likeness (QED) is 0.0342. The number of aromatic nitrogens is 3. The Balaban J connectivity index is 1.31. The average molecular weight is 1130 g/mol. The summed E-state index contributed by atoms with van der Waals surface area (Å²) in [5.41, 5.74) is -4.68. The molecule has 4 amide bonds. The molecule has 2 aliphatic heterocycles. The number of pyridine rings is 1. The fourth-order valence-electron chi connectivity index (χ4n) is 8.57. The van der Waals surface area contributed by atoms with Crippen LogP contribution in [-0.4, -0.2) is 154 Å². The van der Waals surface area contributed by atoms with E-state index >= 15 is 8.78 Å². The van der Waals surface area contributed by atoms with Crippen LogP contribution in [0.3, 0.4) is 0 Å². The standard InChI is InChI=1S/C51H58F10N10O8/c1-47(2,50(56,57)58)40(65-46(77)78-6)42(73)63-37(21-30-10-7-29(8-11-30)9-12-31-13-14-39(62-24-31)68-17-19-69(20-18-68)49(5)27-79-28-49)38(72)26-70(67-43(74)41(64-45(75)76)48(3,4)51(59,60)61)25-33-34(52)22-32(23-35(33)53)36-15-16-71(66-36)44(54)55/h7-8,10-11,13-16,22-24,37-38,40-41,44,64,72H,17-21,25-28H2,1-6H3,(H,63,73)(H,65,77)(H,67,74)(H,75,76). The maximum atomic E-state index is 16.0. The van der Waals surface area contributed by atoms with E-state index < -0.39 is 115 Å². The first-order valence-corrected chi connectivity index (χ1v) is 24.3. The Morgan fingerprint density at radius 2 is 1.39 bits per heavy atom. The van der Waals surface area contributed by atoms with Crippen LogP contribution in [0.4, 0.5) is 59.3 Å². The third-order valence-electron chi connectivity index (χ3n) is 13.9. The first kappa shape index (κ1) is 61.0. The lowest BCUT2D eigenvalue weighted by Crippen LogP contribution is -2.64. The van der Waals surface area contributed by atoms with E-state index in [-0.39, 0.29) is 27.0 Å². The highest BCUT2D eigenvalue weighted by molar-refractivity contribution is 5.87. The second-order valence-electron chi connectivity index (χ2n) is 20.3. The number of halogens is 10. The number of piperazine rings is 1. The molecule has 2 saturated heterocycles. The van der Waals surface area contributed by atoms with Crippen LogP contribution in [0.15, 0.2) is 67.0 Å². The van der Waals surface area contributed by atoms with E-state index in [1.54, 1.807) is 12.3 Å². The van der Waals surface area contributed by atoms with Crippen molar-refractivity contribution in [2.75, 3.05) is 57.9 Å². The summed E-state index contributed by atoms with van der Waals surface area (Å²) in [5.74, 6) is 0.516. The van der Waals surface area contributed by atoms with Gasteiger partial charge >= 0.3 is 31.1 Å². The Morgan fingerprint density at radius 1 is 0.823 bits per heavy atom. The number of hydrazine groups is 1. The Kier molecular flexibility index (Phi) is 18.9. The van der Waals surface area contributed by atoms with E-state index in [2.05, 4.69) is 48.7 Å². The summed E-state index contributed by atoms with van der Waals surface area (Å²) >= 11 is 0. The van der Waals surface area contributed by atoms with Gasteiger partial charge in [-0.25, -0.2) is 33.0 Å².